The molecule has 0 saturated heterocycles. The van der Waals surface area contributed by atoms with Crippen LogP contribution in [0.5, 0.6) is 0 Å². The van der Waals surface area contributed by atoms with Crippen molar-refractivity contribution < 1.29 is 9.59 Å². The van der Waals surface area contributed by atoms with Crippen LogP contribution in [0, 0.1) is 5.92 Å². The molecule has 3 rings (SSSR count). The molecular weight excluding hydrogens is 364 g/mol. The normalized spacial score (nSPS) is 16.1. The summed E-state index contributed by atoms with van der Waals surface area (Å²) in [5.41, 5.74) is 2.49. The van der Waals surface area contributed by atoms with Crippen molar-refractivity contribution in [3.63, 3.8) is 0 Å². The van der Waals surface area contributed by atoms with E-state index in [4.69, 9.17) is 11.6 Å². The number of aromatic nitrogens is 2. The van der Waals surface area contributed by atoms with Gasteiger partial charge in [-0.3, -0.25) is 14.3 Å². The Labute approximate surface area is 164 Å². The van der Waals surface area contributed by atoms with Crippen molar-refractivity contribution in [3.05, 3.63) is 52.3 Å². The summed E-state index contributed by atoms with van der Waals surface area (Å²) >= 11 is 5.96. The van der Waals surface area contributed by atoms with Crippen molar-refractivity contribution in [2.75, 3.05) is 6.54 Å². The summed E-state index contributed by atoms with van der Waals surface area (Å²) in [6.45, 7) is 5.23. The molecule has 0 fully saturated rings. The molecule has 2 amide bonds. The average molecular weight is 389 g/mol. The zero-order valence-corrected chi connectivity index (χ0v) is 16.4. The number of amides is 2. The highest BCUT2D eigenvalue weighted by Crippen LogP contribution is 2.23. The Morgan fingerprint density at radius 2 is 2.19 bits per heavy atom. The number of carbonyl (C=O) groups excluding carboxylic acids is 2. The monoisotopic (exact) mass is 388 g/mol. The number of aryl methyl sites for hydroxylation is 1. The minimum absolute atomic E-state index is 0.0193. The van der Waals surface area contributed by atoms with E-state index in [1.165, 1.54) is 0 Å². The summed E-state index contributed by atoms with van der Waals surface area (Å²) in [7, 11) is 0. The van der Waals surface area contributed by atoms with Crippen LogP contribution in [0.25, 0.3) is 0 Å². The minimum Gasteiger partial charge on any atom is -0.356 e. The van der Waals surface area contributed by atoms with Crippen molar-refractivity contribution in [3.8, 4) is 0 Å². The van der Waals surface area contributed by atoms with E-state index in [2.05, 4.69) is 15.7 Å². The van der Waals surface area contributed by atoms with Crippen LogP contribution in [0.1, 0.15) is 41.9 Å². The van der Waals surface area contributed by atoms with E-state index in [1.807, 2.05) is 30.7 Å². The maximum absolute atomic E-state index is 12.3. The third kappa shape index (κ3) is 5.10. The van der Waals surface area contributed by atoms with Gasteiger partial charge >= 0.3 is 0 Å². The molecule has 6 nitrogen and oxygen atoms in total. The summed E-state index contributed by atoms with van der Waals surface area (Å²) in [5, 5.41) is 10.9. The number of halogens is 1. The van der Waals surface area contributed by atoms with Crippen molar-refractivity contribution in [1.82, 2.24) is 20.4 Å². The van der Waals surface area contributed by atoms with Crippen molar-refractivity contribution >= 4 is 23.4 Å². The van der Waals surface area contributed by atoms with Crippen LogP contribution in [0.2, 0.25) is 5.02 Å². The summed E-state index contributed by atoms with van der Waals surface area (Å²) in [6.07, 6.45) is 3.62. The molecule has 1 aliphatic rings. The lowest BCUT2D eigenvalue weighted by molar-refractivity contribution is -0.120. The largest absolute Gasteiger partial charge is 0.356 e. The molecule has 0 unspecified atom stereocenters. The van der Waals surface area contributed by atoms with Gasteiger partial charge in [0.05, 0.1) is 23.9 Å². The fourth-order valence-electron chi connectivity index (χ4n) is 3.36. The standard InChI is InChI=1S/C20H25ClN4O2/c1-13(2)24-20(27)17-12-23-25-7-6-15(9-18(17)25)11-22-19(26)10-14-4-3-5-16(21)8-14/h3-5,8,12-13,15H,6-7,9-11H2,1-2H3,(H,22,26)(H,24,27)/t15-/m1/s1. The average Bonchev–Trinajstić information content (AvgIpc) is 3.02. The Hall–Kier alpha value is -2.34. The van der Waals surface area contributed by atoms with Crippen molar-refractivity contribution in [1.29, 1.82) is 0 Å². The van der Waals surface area contributed by atoms with Crippen LogP contribution < -0.4 is 10.6 Å². The van der Waals surface area contributed by atoms with Crippen molar-refractivity contribution in [2.45, 2.75) is 45.7 Å². The van der Waals surface area contributed by atoms with Crippen LogP contribution in [0.3, 0.4) is 0 Å². The van der Waals surface area contributed by atoms with E-state index in [1.54, 1.807) is 18.3 Å². The van der Waals surface area contributed by atoms with Gasteiger partial charge in [-0.25, -0.2) is 0 Å². The van der Waals surface area contributed by atoms with Gasteiger partial charge in [-0.05, 0) is 50.3 Å². The van der Waals surface area contributed by atoms with Crippen LogP contribution in [0.4, 0.5) is 0 Å². The Bertz CT molecular complexity index is 831. The number of rotatable bonds is 6. The number of nitrogens with one attached hydrogen (secondary N) is 2. The Morgan fingerprint density at radius 3 is 2.93 bits per heavy atom. The lowest BCUT2D eigenvalue weighted by atomic mass is 9.94. The van der Waals surface area contributed by atoms with Gasteiger partial charge in [0.25, 0.3) is 5.91 Å². The van der Waals surface area contributed by atoms with Gasteiger partial charge in [-0.1, -0.05) is 23.7 Å². The van der Waals surface area contributed by atoms with E-state index >= 15 is 0 Å². The number of hydrogen-bond donors (Lipinski definition) is 2. The molecule has 0 aliphatic carbocycles. The van der Waals surface area contributed by atoms with Gasteiger partial charge in [-0.15, -0.1) is 0 Å². The number of nitrogens with zero attached hydrogens (tertiary/aromatic N) is 2. The van der Waals surface area contributed by atoms with E-state index in [0.29, 0.717) is 29.5 Å². The highest BCUT2D eigenvalue weighted by Gasteiger charge is 2.25. The fraction of sp³-hybridized carbons (Fsp3) is 0.450. The predicted molar refractivity (Wildman–Crippen MR) is 105 cm³/mol. The number of carbonyl (C=O) groups is 2. The molecule has 144 valence electrons. The summed E-state index contributed by atoms with van der Waals surface area (Å²) < 4.78 is 1.90. The first-order valence-electron chi connectivity index (χ1n) is 9.29. The number of fused-ring (bicyclic) bond motifs is 1. The predicted octanol–water partition coefficient (Wildman–Crippen LogP) is 2.60. The van der Waals surface area contributed by atoms with E-state index < -0.39 is 0 Å². The van der Waals surface area contributed by atoms with E-state index in [9.17, 15) is 9.59 Å². The first-order chi connectivity index (χ1) is 12.9. The summed E-state index contributed by atoms with van der Waals surface area (Å²) in [5.74, 6) is 0.189. The molecule has 1 atom stereocenters. The second-order valence-electron chi connectivity index (χ2n) is 7.33. The van der Waals surface area contributed by atoms with Gasteiger partial charge in [0.1, 0.15) is 0 Å². The summed E-state index contributed by atoms with van der Waals surface area (Å²) in [4.78, 5) is 24.6. The second-order valence-corrected chi connectivity index (χ2v) is 7.76. The van der Waals surface area contributed by atoms with Gasteiger partial charge < -0.3 is 10.6 Å². The molecule has 1 aromatic carbocycles. The van der Waals surface area contributed by atoms with Gasteiger partial charge in [0, 0.05) is 24.2 Å². The first kappa shape index (κ1) is 19.4. The molecule has 7 heteroatoms. The molecule has 0 radical (unpaired) electrons. The lowest BCUT2D eigenvalue weighted by Crippen LogP contribution is -2.35. The molecule has 27 heavy (non-hydrogen) atoms. The minimum atomic E-state index is -0.0862. The summed E-state index contributed by atoms with van der Waals surface area (Å²) in [6, 6.07) is 7.42. The number of benzene rings is 1. The lowest BCUT2D eigenvalue weighted by Gasteiger charge is -2.24. The zero-order valence-electron chi connectivity index (χ0n) is 15.7. The third-order valence-electron chi connectivity index (χ3n) is 4.69. The van der Waals surface area contributed by atoms with E-state index in [0.717, 1.165) is 30.6 Å². The first-order valence-corrected chi connectivity index (χ1v) is 9.67. The molecule has 1 aromatic heterocycles. The van der Waals surface area contributed by atoms with Crippen LogP contribution >= 0.6 is 11.6 Å². The van der Waals surface area contributed by atoms with Crippen LogP contribution in [-0.4, -0.2) is 34.2 Å². The third-order valence-corrected chi connectivity index (χ3v) is 4.92. The molecular formula is C20H25ClN4O2. The molecule has 2 heterocycles. The maximum atomic E-state index is 12.3. The van der Waals surface area contributed by atoms with Gasteiger partial charge in [-0.2, -0.15) is 5.10 Å². The van der Waals surface area contributed by atoms with Gasteiger partial charge in [0.2, 0.25) is 5.91 Å². The Balaban J connectivity index is 1.56. The quantitative estimate of drug-likeness (QED) is 0.798. The maximum Gasteiger partial charge on any atom is 0.254 e. The molecule has 0 spiro atoms. The Kier molecular flexibility index (Phi) is 6.16. The fourth-order valence-corrected chi connectivity index (χ4v) is 3.57. The van der Waals surface area contributed by atoms with Gasteiger partial charge in [0.15, 0.2) is 0 Å². The van der Waals surface area contributed by atoms with Crippen molar-refractivity contribution in [2.24, 2.45) is 5.92 Å². The molecule has 0 saturated carbocycles. The molecule has 2 aromatic rings. The number of hydrogen-bond acceptors (Lipinski definition) is 3. The molecule has 1 aliphatic heterocycles. The highest BCUT2D eigenvalue weighted by atomic mass is 35.5. The molecule has 0 bridgehead atoms. The zero-order chi connectivity index (χ0) is 19.4. The van der Waals surface area contributed by atoms with E-state index in [-0.39, 0.29) is 17.9 Å². The van der Waals surface area contributed by atoms with Crippen LogP contribution in [0.15, 0.2) is 30.5 Å². The highest BCUT2D eigenvalue weighted by molar-refractivity contribution is 6.30. The SMILES string of the molecule is CC(C)NC(=O)c1cnn2c1C[C@H](CNC(=O)Cc1cccc(Cl)c1)CC2. The topological polar surface area (TPSA) is 76.0 Å². The smallest absolute Gasteiger partial charge is 0.254 e. The second kappa shape index (κ2) is 8.57. The molecule has 2 N–H and O–H groups in total. The van der Waals surface area contributed by atoms with Crippen LogP contribution in [-0.2, 0) is 24.2 Å². The Morgan fingerprint density at radius 1 is 1.37 bits per heavy atom.